The fourth-order valence-electron chi connectivity index (χ4n) is 1.16. The predicted molar refractivity (Wildman–Crippen MR) is 57.3 cm³/mol. The van der Waals surface area contributed by atoms with Gasteiger partial charge in [-0.2, -0.15) is 0 Å². The van der Waals surface area contributed by atoms with Crippen molar-refractivity contribution in [2.45, 2.75) is 26.2 Å². The second-order valence-electron chi connectivity index (χ2n) is 3.64. The van der Waals surface area contributed by atoms with Gasteiger partial charge in [-0.3, -0.25) is 4.98 Å². The number of nitrogens with zero attached hydrogens (tertiary/aromatic N) is 2. The lowest BCUT2D eigenvalue weighted by Crippen LogP contribution is -2.09. The summed E-state index contributed by atoms with van der Waals surface area (Å²) in [5, 5.41) is 0. The van der Waals surface area contributed by atoms with Gasteiger partial charge in [-0.25, -0.2) is 0 Å². The van der Waals surface area contributed by atoms with Gasteiger partial charge in [0.15, 0.2) is 0 Å². The van der Waals surface area contributed by atoms with Crippen LogP contribution in [0.1, 0.15) is 31.9 Å². The maximum Gasteiger partial charge on any atom is 0.0547 e. The molecule has 0 amide bonds. The zero-order chi connectivity index (χ0) is 9.84. The molecule has 0 aliphatic rings. The van der Waals surface area contributed by atoms with E-state index >= 15 is 0 Å². The summed E-state index contributed by atoms with van der Waals surface area (Å²) in [6, 6.07) is 4.23. The molecule has 0 saturated heterocycles. The Morgan fingerprint density at radius 2 is 2.08 bits per heavy atom. The van der Waals surface area contributed by atoms with E-state index in [2.05, 4.69) is 35.9 Å². The maximum absolute atomic E-state index is 4.43. The van der Waals surface area contributed by atoms with Crippen LogP contribution in [0.25, 0.3) is 0 Å². The molecule has 2 nitrogen and oxygen atoms in total. The summed E-state index contributed by atoms with van der Waals surface area (Å²) in [5.74, 6) is 0.566. The smallest absolute Gasteiger partial charge is 0.0547 e. The third-order valence-corrected chi connectivity index (χ3v) is 2.40. The standard InChI is InChI=1S/C11H18N2/c1-5-9(2)11-7-6-10(8-12-11)13(3)4/h6-9H,5H2,1-4H3. The molecule has 0 N–H and O–H groups in total. The number of pyridine rings is 1. The van der Waals surface area contributed by atoms with Crippen molar-refractivity contribution in [2.75, 3.05) is 19.0 Å². The zero-order valence-corrected chi connectivity index (χ0v) is 8.91. The molecule has 0 aliphatic heterocycles. The van der Waals surface area contributed by atoms with Crippen molar-refractivity contribution in [2.24, 2.45) is 0 Å². The van der Waals surface area contributed by atoms with E-state index in [0.717, 1.165) is 12.1 Å². The summed E-state index contributed by atoms with van der Waals surface area (Å²) >= 11 is 0. The van der Waals surface area contributed by atoms with Gasteiger partial charge >= 0.3 is 0 Å². The van der Waals surface area contributed by atoms with Crippen molar-refractivity contribution in [3.05, 3.63) is 24.0 Å². The van der Waals surface area contributed by atoms with Crippen molar-refractivity contribution in [3.8, 4) is 0 Å². The Kier molecular flexibility index (Phi) is 3.29. The first kappa shape index (κ1) is 10.0. The Morgan fingerprint density at radius 1 is 1.38 bits per heavy atom. The molecule has 1 unspecified atom stereocenters. The van der Waals surface area contributed by atoms with Crippen LogP contribution in [0.4, 0.5) is 5.69 Å². The van der Waals surface area contributed by atoms with Crippen LogP contribution in [0.5, 0.6) is 0 Å². The predicted octanol–water partition coefficient (Wildman–Crippen LogP) is 2.66. The lowest BCUT2D eigenvalue weighted by atomic mass is 10.0. The minimum Gasteiger partial charge on any atom is -0.376 e. The van der Waals surface area contributed by atoms with Crippen molar-refractivity contribution >= 4 is 5.69 Å². The largest absolute Gasteiger partial charge is 0.376 e. The first-order valence-corrected chi connectivity index (χ1v) is 4.78. The van der Waals surface area contributed by atoms with Crippen LogP contribution in [-0.2, 0) is 0 Å². The number of anilines is 1. The molecule has 13 heavy (non-hydrogen) atoms. The summed E-state index contributed by atoms with van der Waals surface area (Å²) < 4.78 is 0. The van der Waals surface area contributed by atoms with E-state index in [-0.39, 0.29) is 0 Å². The van der Waals surface area contributed by atoms with E-state index in [9.17, 15) is 0 Å². The average Bonchev–Trinajstić information content (AvgIpc) is 2.17. The van der Waals surface area contributed by atoms with Gasteiger partial charge in [-0.1, -0.05) is 13.8 Å². The Bertz CT molecular complexity index is 251. The summed E-state index contributed by atoms with van der Waals surface area (Å²) in [4.78, 5) is 6.49. The van der Waals surface area contributed by atoms with Gasteiger partial charge in [0, 0.05) is 19.8 Å². The topological polar surface area (TPSA) is 16.1 Å². The van der Waals surface area contributed by atoms with Gasteiger partial charge in [0.05, 0.1) is 11.9 Å². The molecule has 1 aromatic rings. The quantitative estimate of drug-likeness (QED) is 0.707. The molecule has 0 bridgehead atoms. The monoisotopic (exact) mass is 178 g/mol. The number of hydrogen-bond acceptors (Lipinski definition) is 2. The van der Waals surface area contributed by atoms with Crippen LogP contribution in [0.2, 0.25) is 0 Å². The van der Waals surface area contributed by atoms with E-state index in [0.29, 0.717) is 5.92 Å². The molecule has 1 aromatic heterocycles. The average molecular weight is 178 g/mol. The minimum absolute atomic E-state index is 0.566. The second-order valence-corrected chi connectivity index (χ2v) is 3.64. The first-order chi connectivity index (χ1) is 6.15. The Balaban J connectivity index is 2.81. The highest BCUT2D eigenvalue weighted by atomic mass is 15.1. The van der Waals surface area contributed by atoms with Crippen molar-refractivity contribution in [1.29, 1.82) is 0 Å². The molecule has 0 aliphatic carbocycles. The zero-order valence-electron chi connectivity index (χ0n) is 8.91. The highest BCUT2D eigenvalue weighted by Crippen LogP contribution is 2.18. The summed E-state index contributed by atoms with van der Waals surface area (Å²) in [6.45, 7) is 4.39. The van der Waals surface area contributed by atoms with Gasteiger partial charge in [-0.05, 0) is 24.5 Å². The van der Waals surface area contributed by atoms with Crippen molar-refractivity contribution < 1.29 is 0 Å². The molecule has 72 valence electrons. The number of rotatable bonds is 3. The SMILES string of the molecule is CCC(C)c1ccc(N(C)C)cn1. The Morgan fingerprint density at radius 3 is 2.46 bits per heavy atom. The van der Waals surface area contributed by atoms with E-state index < -0.39 is 0 Å². The molecular formula is C11H18N2. The Hall–Kier alpha value is -1.05. The molecule has 1 atom stereocenters. The first-order valence-electron chi connectivity index (χ1n) is 4.78. The van der Waals surface area contributed by atoms with Crippen LogP contribution in [-0.4, -0.2) is 19.1 Å². The molecule has 0 radical (unpaired) electrons. The third-order valence-electron chi connectivity index (χ3n) is 2.40. The molecule has 2 heteroatoms. The summed E-state index contributed by atoms with van der Waals surface area (Å²) in [5.41, 5.74) is 2.35. The van der Waals surface area contributed by atoms with Gasteiger partial charge < -0.3 is 4.90 Å². The maximum atomic E-state index is 4.43. The summed E-state index contributed by atoms with van der Waals surface area (Å²) in [6.07, 6.45) is 3.08. The van der Waals surface area contributed by atoms with Gasteiger partial charge in [0.2, 0.25) is 0 Å². The molecule has 0 fully saturated rings. The van der Waals surface area contributed by atoms with Gasteiger partial charge in [0.25, 0.3) is 0 Å². The van der Waals surface area contributed by atoms with Crippen LogP contribution >= 0.6 is 0 Å². The fraction of sp³-hybridized carbons (Fsp3) is 0.545. The molecule has 0 aromatic carbocycles. The molecule has 0 saturated carbocycles. The fourth-order valence-corrected chi connectivity index (χ4v) is 1.16. The minimum atomic E-state index is 0.566. The third kappa shape index (κ3) is 2.44. The number of hydrogen-bond donors (Lipinski definition) is 0. The lowest BCUT2D eigenvalue weighted by molar-refractivity contribution is 0.708. The van der Waals surface area contributed by atoms with E-state index in [1.807, 2.05) is 20.3 Å². The molecular weight excluding hydrogens is 160 g/mol. The molecule has 1 heterocycles. The second kappa shape index (κ2) is 4.26. The number of aromatic nitrogens is 1. The highest BCUT2D eigenvalue weighted by molar-refractivity contribution is 5.42. The Labute approximate surface area is 80.6 Å². The highest BCUT2D eigenvalue weighted by Gasteiger charge is 2.03. The van der Waals surface area contributed by atoms with Crippen LogP contribution in [0.15, 0.2) is 18.3 Å². The van der Waals surface area contributed by atoms with E-state index in [1.54, 1.807) is 0 Å². The molecule has 1 rings (SSSR count). The van der Waals surface area contributed by atoms with E-state index in [4.69, 9.17) is 0 Å². The lowest BCUT2D eigenvalue weighted by Gasteiger charge is -2.13. The van der Waals surface area contributed by atoms with Crippen molar-refractivity contribution in [1.82, 2.24) is 4.98 Å². The van der Waals surface area contributed by atoms with Crippen molar-refractivity contribution in [3.63, 3.8) is 0 Å². The molecule has 0 spiro atoms. The van der Waals surface area contributed by atoms with Crippen LogP contribution in [0, 0.1) is 0 Å². The van der Waals surface area contributed by atoms with Crippen LogP contribution < -0.4 is 4.90 Å². The van der Waals surface area contributed by atoms with Crippen LogP contribution in [0.3, 0.4) is 0 Å². The van der Waals surface area contributed by atoms with E-state index in [1.165, 1.54) is 5.69 Å². The van der Waals surface area contributed by atoms with Gasteiger partial charge in [0.1, 0.15) is 0 Å². The summed E-state index contributed by atoms with van der Waals surface area (Å²) in [7, 11) is 4.06. The normalized spacial score (nSPS) is 12.6. The van der Waals surface area contributed by atoms with Gasteiger partial charge in [-0.15, -0.1) is 0 Å².